The lowest BCUT2D eigenvalue weighted by Crippen LogP contribution is -2.00. The largest absolute Gasteiger partial charge is 0.385 e. The molecule has 0 aliphatic rings. The first-order valence-corrected chi connectivity index (χ1v) is 4.57. The first-order valence-electron chi connectivity index (χ1n) is 4.57. The number of aryl methyl sites for hydroxylation is 1. The van der Waals surface area contributed by atoms with Crippen molar-refractivity contribution in [2.75, 3.05) is 11.9 Å². The summed E-state index contributed by atoms with van der Waals surface area (Å²) < 4.78 is 0. The topological polar surface area (TPSA) is 12.0 Å². The molecule has 1 N–H and O–H groups in total. The summed E-state index contributed by atoms with van der Waals surface area (Å²) in [5.41, 5.74) is 2.46. The SMILES string of the molecule is C#CCCCNc1ccc(C)cc1. The van der Waals surface area contributed by atoms with Crippen LogP contribution >= 0.6 is 0 Å². The number of terminal acetylenes is 1. The molecular formula is C12H15N. The molecule has 0 saturated carbocycles. The summed E-state index contributed by atoms with van der Waals surface area (Å²) in [5.74, 6) is 2.62. The highest BCUT2D eigenvalue weighted by Crippen LogP contribution is 2.08. The molecule has 1 nitrogen and oxygen atoms in total. The van der Waals surface area contributed by atoms with Gasteiger partial charge in [-0.05, 0) is 25.5 Å². The maximum Gasteiger partial charge on any atom is 0.0340 e. The summed E-state index contributed by atoms with van der Waals surface area (Å²) in [4.78, 5) is 0. The van der Waals surface area contributed by atoms with Crippen LogP contribution in [0.15, 0.2) is 24.3 Å². The average molecular weight is 173 g/mol. The predicted molar refractivity (Wildman–Crippen MR) is 57.7 cm³/mol. The van der Waals surface area contributed by atoms with Crippen LogP contribution in [0.3, 0.4) is 0 Å². The lowest BCUT2D eigenvalue weighted by atomic mass is 10.2. The molecule has 0 spiro atoms. The zero-order valence-electron chi connectivity index (χ0n) is 8.01. The van der Waals surface area contributed by atoms with Crippen molar-refractivity contribution in [3.8, 4) is 12.3 Å². The summed E-state index contributed by atoms with van der Waals surface area (Å²) in [7, 11) is 0. The number of nitrogens with one attached hydrogen (secondary N) is 1. The van der Waals surface area contributed by atoms with E-state index in [1.165, 1.54) is 11.3 Å². The van der Waals surface area contributed by atoms with Crippen molar-refractivity contribution < 1.29 is 0 Å². The van der Waals surface area contributed by atoms with Gasteiger partial charge in [0.1, 0.15) is 0 Å². The van der Waals surface area contributed by atoms with E-state index in [2.05, 4.69) is 42.4 Å². The molecule has 0 unspecified atom stereocenters. The Balaban J connectivity index is 2.30. The summed E-state index contributed by atoms with van der Waals surface area (Å²) in [6.07, 6.45) is 7.03. The molecule has 1 rings (SSSR count). The Hall–Kier alpha value is -1.42. The molecule has 68 valence electrons. The molecule has 0 bridgehead atoms. The summed E-state index contributed by atoms with van der Waals surface area (Å²) in [6.45, 7) is 3.04. The highest BCUT2D eigenvalue weighted by molar-refractivity contribution is 5.44. The van der Waals surface area contributed by atoms with E-state index in [1.54, 1.807) is 0 Å². The Morgan fingerprint density at radius 2 is 2.00 bits per heavy atom. The number of anilines is 1. The highest BCUT2D eigenvalue weighted by Gasteiger charge is 1.89. The zero-order chi connectivity index (χ0) is 9.52. The Labute approximate surface area is 80.2 Å². The van der Waals surface area contributed by atoms with E-state index in [-0.39, 0.29) is 0 Å². The van der Waals surface area contributed by atoms with Gasteiger partial charge in [0.15, 0.2) is 0 Å². The third-order valence-electron chi connectivity index (χ3n) is 1.88. The fourth-order valence-corrected chi connectivity index (χ4v) is 1.09. The van der Waals surface area contributed by atoms with Gasteiger partial charge in [-0.2, -0.15) is 0 Å². The molecule has 1 aromatic rings. The van der Waals surface area contributed by atoms with E-state index < -0.39 is 0 Å². The third-order valence-corrected chi connectivity index (χ3v) is 1.88. The standard InChI is InChI=1S/C12H15N/c1-3-4-5-10-13-12-8-6-11(2)7-9-12/h1,6-9,13H,4-5,10H2,2H3. The van der Waals surface area contributed by atoms with Gasteiger partial charge < -0.3 is 5.32 Å². The Morgan fingerprint density at radius 1 is 1.31 bits per heavy atom. The Kier molecular flexibility index (Phi) is 3.92. The van der Waals surface area contributed by atoms with Gasteiger partial charge in [0.25, 0.3) is 0 Å². The fraction of sp³-hybridized carbons (Fsp3) is 0.333. The minimum Gasteiger partial charge on any atom is -0.385 e. The van der Waals surface area contributed by atoms with Gasteiger partial charge in [-0.25, -0.2) is 0 Å². The van der Waals surface area contributed by atoms with E-state index in [4.69, 9.17) is 6.42 Å². The normalized spacial score (nSPS) is 9.23. The molecule has 13 heavy (non-hydrogen) atoms. The molecule has 1 aromatic carbocycles. The summed E-state index contributed by atoms with van der Waals surface area (Å²) in [5, 5.41) is 3.31. The van der Waals surface area contributed by atoms with Crippen LogP contribution in [0.25, 0.3) is 0 Å². The maximum absolute atomic E-state index is 5.15. The smallest absolute Gasteiger partial charge is 0.0340 e. The van der Waals surface area contributed by atoms with Crippen LogP contribution < -0.4 is 5.32 Å². The zero-order valence-corrected chi connectivity index (χ0v) is 8.01. The van der Waals surface area contributed by atoms with E-state index in [0.29, 0.717) is 0 Å². The average Bonchev–Trinajstić information content (AvgIpc) is 2.15. The molecule has 0 aliphatic heterocycles. The first-order chi connectivity index (χ1) is 6.33. The lowest BCUT2D eigenvalue weighted by Gasteiger charge is -2.04. The van der Waals surface area contributed by atoms with Crippen molar-refractivity contribution in [1.82, 2.24) is 0 Å². The van der Waals surface area contributed by atoms with Crippen LogP contribution in [0.1, 0.15) is 18.4 Å². The van der Waals surface area contributed by atoms with Crippen molar-refractivity contribution in [2.24, 2.45) is 0 Å². The van der Waals surface area contributed by atoms with Gasteiger partial charge in [0, 0.05) is 18.7 Å². The van der Waals surface area contributed by atoms with E-state index in [9.17, 15) is 0 Å². The highest BCUT2D eigenvalue weighted by atomic mass is 14.9. The van der Waals surface area contributed by atoms with Crippen LogP contribution in [-0.2, 0) is 0 Å². The summed E-state index contributed by atoms with van der Waals surface area (Å²) >= 11 is 0. The second-order valence-electron chi connectivity index (χ2n) is 3.10. The first kappa shape index (κ1) is 9.67. The third kappa shape index (κ3) is 3.66. The summed E-state index contributed by atoms with van der Waals surface area (Å²) in [6, 6.07) is 8.38. The minimum atomic E-state index is 0.846. The second-order valence-corrected chi connectivity index (χ2v) is 3.10. The number of benzene rings is 1. The van der Waals surface area contributed by atoms with Gasteiger partial charge in [0.2, 0.25) is 0 Å². The van der Waals surface area contributed by atoms with E-state index >= 15 is 0 Å². The van der Waals surface area contributed by atoms with Gasteiger partial charge in [-0.1, -0.05) is 17.7 Å². The van der Waals surface area contributed by atoms with Crippen molar-refractivity contribution >= 4 is 5.69 Å². The number of unbranched alkanes of at least 4 members (excludes halogenated alkanes) is 1. The van der Waals surface area contributed by atoms with Crippen LogP contribution in [0.4, 0.5) is 5.69 Å². The molecular weight excluding hydrogens is 158 g/mol. The van der Waals surface area contributed by atoms with Crippen LogP contribution in [0.2, 0.25) is 0 Å². The number of hydrogen-bond acceptors (Lipinski definition) is 1. The molecule has 0 amide bonds. The Morgan fingerprint density at radius 3 is 2.62 bits per heavy atom. The van der Waals surface area contributed by atoms with Crippen molar-refractivity contribution in [3.63, 3.8) is 0 Å². The van der Waals surface area contributed by atoms with E-state index in [1.807, 2.05) is 0 Å². The van der Waals surface area contributed by atoms with Crippen molar-refractivity contribution in [3.05, 3.63) is 29.8 Å². The lowest BCUT2D eigenvalue weighted by molar-refractivity contribution is 0.907. The molecule has 0 saturated heterocycles. The van der Waals surface area contributed by atoms with Crippen LogP contribution in [0.5, 0.6) is 0 Å². The number of hydrogen-bond donors (Lipinski definition) is 1. The maximum atomic E-state index is 5.15. The fourth-order valence-electron chi connectivity index (χ4n) is 1.09. The predicted octanol–water partition coefficient (Wildman–Crippen LogP) is 2.82. The Bertz CT molecular complexity index is 279. The quantitative estimate of drug-likeness (QED) is 0.545. The number of rotatable bonds is 4. The van der Waals surface area contributed by atoms with Gasteiger partial charge in [-0.3, -0.25) is 0 Å². The van der Waals surface area contributed by atoms with Gasteiger partial charge >= 0.3 is 0 Å². The van der Waals surface area contributed by atoms with Crippen LogP contribution in [-0.4, -0.2) is 6.54 Å². The molecule has 0 aromatic heterocycles. The van der Waals surface area contributed by atoms with Crippen molar-refractivity contribution in [2.45, 2.75) is 19.8 Å². The molecule has 0 radical (unpaired) electrons. The molecule has 0 heterocycles. The van der Waals surface area contributed by atoms with E-state index in [0.717, 1.165) is 19.4 Å². The monoisotopic (exact) mass is 173 g/mol. The van der Waals surface area contributed by atoms with Crippen molar-refractivity contribution in [1.29, 1.82) is 0 Å². The molecule has 0 fully saturated rings. The van der Waals surface area contributed by atoms with Gasteiger partial charge in [-0.15, -0.1) is 12.3 Å². The molecule has 0 atom stereocenters. The molecule has 0 aliphatic carbocycles. The van der Waals surface area contributed by atoms with Gasteiger partial charge in [0.05, 0.1) is 0 Å². The second kappa shape index (κ2) is 5.27. The molecule has 1 heteroatoms. The van der Waals surface area contributed by atoms with Crippen LogP contribution in [0, 0.1) is 19.3 Å². The minimum absolute atomic E-state index is 0.846.